The highest BCUT2D eigenvalue weighted by Gasteiger charge is 2.32. The van der Waals surface area contributed by atoms with Crippen molar-refractivity contribution in [2.75, 3.05) is 5.73 Å². The molecule has 1 rings (SSSR count). The maximum atomic E-state index is 11.9. The van der Waals surface area contributed by atoms with Gasteiger partial charge < -0.3 is 16.2 Å². The molecule has 0 saturated carbocycles. The lowest BCUT2D eigenvalue weighted by molar-refractivity contribution is -0.276. The molecule has 5 N–H and O–H groups in total. The van der Waals surface area contributed by atoms with Crippen molar-refractivity contribution in [2.24, 2.45) is 5.73 Å². The summed E-state index contributed by atoms with van der Waals surface area (Å²) < 4.78 is 39.2. The Kier molecular flexibility index (Phi) is 2.89. The van der Waals surface area contributed by atoms with Crippen molar-refractivity contribution >= 4 is 5.69 Å². The van der Waals surface area contributed by atoms with Crippen molar-refractivity contribution in [3.8, 4) is 5.88 Å². The molecule has 8 heteroatoms. The third-order valence-electron chi connectivity index (χ3n) is 1.55. The zero-order valence-electron chi connectivity index (χ0n) is 7.39. The summed E-state index contributed by atoms with van der Waals surface area (Å²) in [5, 5.41) is 0. The van der Waals surface area contributed by atoms with E-state index in [0.29, 0.717) is 0 Å². The van der Waals surface area contributed by atoms with E-state index in [2.05, 4.69) is 4.74 Å². The van der Waals surface area contributed by atoms with E-state index in [4.69, 9.17) is 11.5 Å². The summed E-state index contributed by atoms with van der Waals surface area (Å²) in [4.78, 5) is 12.8. The van der Waals surface area contributed by atoms with E-state index >= 15 is 0 Å². The van der Waals surface area contributed by atoms with E-state index in [-0.39, 0.29) is 17.8 Å². The van der Waals surface area contributed by atoms with E-state index < -0.39 is 17.8 Å². The Bertz CT molecular complexity index is 413. The van der Waals surface area contributed by atoms with Gasteiger partial charge in [0.15, 0.2) is 0 Å². The maximum absolute atomic E-state index is 11.9. The second-order valence-electron chi connectivity index (χ2n) is 2.66. The zero-order chi connectivity index (χ0) is 11.6. The van der Waals surface area contributed by atoms with Crippen molar-refractivity contribution in [2.45, 2.75) is 12.9 Å². The van der Waals surface area contributed by atoms with Crippen LogP contribution in [0.15, 0.2) is 10.9 Å². The van der Waals surface area contributed by atoms with Crippen molar-refractivity contribution in [1.29, 1.82) is 0 Å². The minimum Gasteiger partial charge on any atom is -0.394 e. The van der Waals surface area contributed by atoms with Gasteiger partial charge in [-0.05, 0) is 6.07 Å². The molecule has 1 aromatic heterocycles. The van der Waals surface area contributed by atoms with Crippen LogP contribution in [0.3, 0.4) is 0 Å². The second-order valence-corrected chi connectivity index (χ2v) is 2.66. The molecule has 1 aromatic rings. The van der Waals surface area contributed by atoms with Gasteiger partial charge in [-0.15, -0.1) is 13.2 Å². The Morgan fingerprint density at radius 3 is 2.53 bits per heavy atom. The third kappa shape index (κ3) is 2.88. The molecule has 0 radical (unpaired) electrons. The molecule has 0 amide bonds. The summed E-state index contributed by atoms with van der Waals surface area (Å²) in [6.45, 7) is -0.230. The predicted molar refractivity (Wildman–Crippen MR) is 46.0 cm³/mol. The lowest BCUT2D eigenvalue weighted by Gasteiger charge is -2.11. The summed E-state index contributed by atoms with van der Waals surface area (Å²) >= 11 is 0. The molecule has 0 atom stereocenters. The van der Waals surface area contributed by atoms with Crippen LogP contribution in [-0.2, 0) is 6.54 Å². The van der Waals surface area contributed by atoms with Gasteiger partial charge in [-0.3, -0.25) is 9.78 Å². The lowest BCUT2D eigenvalue weighted by atomic mass is 10.2. The molecule has 0 aromatic carbocycles. The molecule has 0 aliphatic heterocycles. The zero-order valence-corrected chi connectivity index (χ0v) is 7.39. The quantitative estimate of drug-likeness (QED) is 0.672. The molecule has 5 nitrogen and oxygen atoms in total. The Labute approximate surface area is 81.8 Å². The molecular weight excluding hydrogens is 215 g/mol. The Morgan fingerprint density at radius 1 is 1.47 bits per heavy atom. The number of alkyl halides is 3. The minimum atomic E-state index is -4.89. The molecule has 1 heterocycles. The summed E-state index contributed by atoms with van der Waals surface area (Å²) in [7, 11) is 0. The normalized spacial score (nSPS) is 11.5. The number of anilines is 1. The average Bonchev–Trinajstić information content (AvgIpc) is 2.08. The first-order valence-electron chi connectivity index (χ1n) is 3.81. The number of aromatic amines is 1. The predicted octanol–water partition coefficient (Wildman–Crippen LogP) is 0.314. The fourth-order valence-corrected chi connectivity index (χ4v) is 0.933. The number of hydrogen-bond donors (Lipinski definition) is 3. The van der Waals surface area contributed by atoms with Crippen molar-refractivity contribution in [3.05, 3.63) is 22.0 Å². The first-order chi connectivity index (χ1) is 6.83. The van der Waals surface area contributed by atoms with E-state index in [9.17, 15) is 18.0 Å². The molecule has 84 valence electrons. The Morgan fingerprint density at radius 2 is 2.07 bits per heavy atom. The summed E-state index contributed by atoms with van der Waals surface area (Å²) in [6, 6.07) is 1.04. The first-order valence-corrected chi connectivity index (χ1v) is 3.81. The molecule has 0 fully saturated rings. The number of hydrogen-bond acceptors (Lipinski definition) is 4. The van der Waals surface area contributed by atoms with Gasteiger partial charge in [-0.2, -0.15) is 0 Å². The number of ether oxygens (including phenoxy) is 1. The average molecular weight is 223 g/mol. The van der Waals surface area contributed by atoms with Gasteiger partial charge in [-0.1, -0.05) is 0 Å². The number of halogens is 3. The van der Waals surface area contributed by atoms with Crippen LogP contribution in [0.25, 0.3) is 0 Å². The number of nitrogens with two attached hydrogens (primary N) is 2. The standard InChI is InChI=1S/C7H8F3N3O2/c8-7(9,10)15-6-3(2-11)1-4(12)5(14)13-6/h1H,2,11-12H2,(H,13,14). The fraction of sp³-hybridized carbons (Fsp3) is 0.286. The summed E-state index contributed by atoms with van der Waals surface area (Å²) in [6.07, 6.45) is -4.89. The van der Waals surface area contributed by atoms with Crippen LogP contribution >= 0.6 is 0 Å². The number of pyridine rings is 1. The Balaban J connectivity index is 3.17. The number of rotatable bonds is 2. The highest BCUT2D eigenvalue weighted by molar-refractivity contribution is 5.42. The van der Waals surface area contributed by atoms with Crippen LogP contribution in [0.5, 0.6) is 5.88 Å². The van der Waals surface area contributed by atoms with E-state index in [1.54, 1.807) is 0 Å². The summed E-state index contributed by atoms with van der Waals surface area (Å²) in [5.41, 5.74) is 9.26. The topological polar surface area (TPSA) is 94.1 Å². The second kappa shape index (κ2) is 3.81. The van der Waals surface area contributed by atoms with Crippen LogP contribution < -0.4 is 21.8 Å². The number of nitrogen functional groups attached to an aromatic ring is 1. The van der Waals surface area contributed by atoms with E-state index in [1.807, 2.05) is 4.98 Å². The molecule has 0 aliphatic rings. The highest BCUT2D eigenvalue weighted by Crippen LogP contribution is 2.23. The van der Waals surface area contributed by atoms with Crippen LogP contribution in [0, 0.1) is 0 Å². The minimum absolute atomic E-state index is 0.0237. The lowest BCUT2D eigenvalue weighted by Crippen LogP contribution is -2.23. The van der Waals surface area contributed by atoms with Crippen LogP contribution in [0.1, 0.15) is 5.56 Å². The number of aromatic nitrogens is 1. The van der Waals surface area contributed by atoms with Gasteiger partial charge >= 0.3 is 6.36 Å². The number of nitrogens with one attached hydrogen (secondary N) is 1. The van der Waals surface area contributed by atoms with E-state index in [0.717, 1.165) is 6.07 Å². The maximum Gasteiger partial charge on any atom is 0.574 e. The molecular formula is C7H8F3N3O2. The smallest absolute Gasteiger partial charge is 0.394 e. The summed E-state index contributed by atoms with van der Waals surface area (Å²) in [5.74, 6) is -0.732. The molecule has 0 aliphatic carbocycles. The third-order valence-corrected chi connectivity index (χ3v) is 1.55. The van der Waals surface area contributed by atoms with Gasteiger partial charge in [0.1, 0.15) is 0 Å². The monoisotopic (exact) mass is 223 g/mol. The van der Waals surface area contributed by atoms with Crippen molar-refractivity contribution in [3.63, 3.8) is 0 Å². The van der Waals surface area contributed by atoms with Crippen molar-refractivity contribution in [1.82, 2.24) is 4.98 Å². The van der Waals surface area contributed by atoms with Gasteiger partial charge in [0.2, 0.25) is 5.88 Å². The molecule has 0 spiro atoms. The van der Waals surface area contributed by atoms with Crippen LogP contribution in [-0.4, -0.2) is 11.3 Å². The molecule has 0 unspecified atom stereocenters. The molecule has 0 saturated heterocycles. The van der Waals surface area contributed by atoms with E-state index in [1.165, 1.54) is 0 Å². The molecule has 0 bridgehead atoms. The molecule has 15 heavy (non-hydrogen) atoms. The fourth-order valence-electron chi connectivity index (χ4n) is 0.933. The van der Waals surface area contributed by atoms with Crippen molar-refractivity contribution < 1.29 is 17.9 Å². The van der Waals surface area contributed by atoms with Gasteiger partial charge in [0.25, 0.3) is 5.56 Å². The Hall–Kier alpha value is -1.70. The highest BCUT2D eigenvalue weighted by atomic mass is 19.4. The SMILES string of the molecule is NCc1cc(N)c(=O)[nH]c1OC(F)(F)F. The van der Waals surface area contributed by atoms with Crippen LogP contribution in [0.2, 0.25) is 0 Å². The van der Waals surface area contributed by atoms with Crippen LogP contribution in [0.4, 0.5) is 18.9 Å². The van der Waals surface area contributed by atoms with Gasteiger partial charge in [0, 0.05) is 12.1 Å². The van der Waals surface area contributed by atoms with Gasteiger partial charge in [0.05, 0.1) is 5.69 Å². The first kappa shape index (κ1) is 11.4. The van der Waals surface area contributed by atoms with Gasteiger partial charge in [-0.25, -0.2) is 0 Å². The largest absolute Gasteiger partial charge is 0.574 e. The number of H-pyrrole nitrogens is 1.